The number of rotatable bonds is 4. The number of carbonyl (C=O) groups is 2. The second-order valence-corrected chi connectivity index (χ2v) is 5.96. The van der Waals surface area contributed by atoms with Gasteiger partial charge in [-0.1, -0.05) is 19.9 Å². The number of pyridine rings is 1. The number of ether oxygens (including phenoxy) is 2. The SMILES string of the molecule is CC.CC1CCC(C(=O)Nc2ccnc(C(N)=O)c2)O1.COc1cccc(F)c1. The molecule has 0 bridgehead atoms. The molecule has 2 heterocycles. The summed E-state index contributed by atoms with van der Waals surface area (Å²) in [5.74, 6) is -0.554. The highest BCUT2D eigenvalue weighted by Crippen LogP contribution is 2.20. The van der Waals surface area contributed by atoms with Gasteiger partial charge in [0.25, 0.3) is 11.8 Å². The molecular formula is C21H28FN3O4. The molecule has 0 spiro atoms. The molecule has 0 aliphatic carbocycles. The Labute approximate surface area is 170 Å². The quantitative estimate of drug-likeness (QED) is 0.810. The summed E-state index contributed by atoms with van der Waals surface area (Å²) in [6, 6.07) is 9.06. The van der Waals surface area contributed by atoms with Crippen LogP contribution in [0.3, 0.4) is 0 Å². The molecule has 1 aromatic heterocycles. The van der Waals surface area contributed by atoms with Crippen LogP contribution in [0.2, 0.25) is 0 Å². The first-order valence-electron chi connectivity index (χ1n) is 9.40. The number of benzene rings is 1. The molecule has 1 fully saturated rings. The molecule has 7 nitrogen and oxygen atoms in total. The van der Waals surface area contributed by atoms with Crippen LogP contribution in [-0.2, 0) is 9.53 Å². The molecule has 158 valence electrons. The molecule has 3 rings (SSSR count). The summed E-state index contributed by atoms with van der Waals surface area (Å²) in [6.45, 7) is 5.94. The van der Waals surface area contributed by atoms with E-state index in [4.69, 9.17) is 15.2 Å². The van der Waals surface area contributed by atoms with Crippen LogP contribution in [0.5, 0.6) is 5.75 Å². The van der Waals surface area contributed by atoms with Gasteiger partial charge in [-0.15, -0.1) is 0 Å². The summed E-state index contributed by atoms with van der Waals surface area (Å²) in [4.78, 5) is 26.6. The average molecular weight is 405 g/mol. The lowest BCUT2D eigenvalue weighted by atomic mass is 10.2. The maximum atomic E-state index is 12.3. The number of hydrogen-bond acceptors (Lipinski definition) is 5. The zero-order chi connectivity index (χ0) is 21.8. The normalized spacial score (nSPS) is 17.1. The van der Waals surface area contributed by atoms with Gasteiger partial charge in [-0.3, -0.25) is 14.6 Å². The van der Waals surface area contributed by atoms with Crippen LogP contribution in [0.1, 0.15) is 44.1 Å². The first-order chi connectivity index (χ1) is 13.9. The van der Waals surface area contributed by atoms with Gasteiger partial charge in [0.15, 0.2) is 0 Å². The molecule has 3 N–H and O–H groups in total. The van der Waals surface area contributed by atoms with Crippen LogP contribution < -0.4 is 15.8 Å². The zero-order valence-electron chi connectivity index (χ0n) is 17.1. The van der Waals surface area contributed by atoms with E-state index in [1.807, 2.05) is 20.8 Å². The van der Waals surface area contributed by atoms with Crippen molar-refractivity contribution in [2.75, 3.05) is 12.4 Å². The number of nitrogens with one attached hydrogen (secondary N) is 1. The van der Waals surface area contributed by atoms with Crippen molar-refractivity contribution in [1.82, 2.24) is 4.98 Å². The van der Waals surface area contributed by atoms with Gasteiger partial charge in [-0.2, -0.15) is 0 Å². The maximum absolute atomic E-state index is 12.3. The summed E-state index contributed by atoms with van der Waals surface area (Å²) < 4.78 is 22.5. The minimum atomic E-state index is -0.628. The van der Waals surface area contributed by atoms with Gasteiger partial charge in [0.05, 0.1) is 13.2 Å². The van der Waals surface area contributed by atoms with E-state index in [1.54, 1.807) is 18.2 Å². The van der Waals surface area contributed by atoms with Gasteiger partial charge in [-0.25, -0.2) is 4.39 Å². The summed E-state index contributed by atoms with van der Waals surface area (Å²) in [6.07, 6.45) is 2.69. The van der Waals surface area contributed by atoms with Crippen molar-refractivity contribution in [3.8, 4) is 5.75 Å². The van der Waals surface area contributed by atoms with Crippen molar-refractivity contribution in [1.29, 1.82) is 0 Å². The molecule has 2 amide bonds. The van der Waals surface area contributed by atoms with Crippen LogP contribution in [0.25, 0.3) is 0 Å². The molecule has 0 radical (unpaired) electrons. The highest BCUT2D eigenvalue weighted by atomic mass is 19.1. The van der Waals surface area contributed by atoms with E-state index in [1.165, 1.54) is 31.5 Å². The molecule has 1 aliphatic heterocycles. The second kappa shape index (κ2) is 12.5. The van der Waals surface area contributed by atoms with Crippen LogP contribution in [0.15, 0.2) is 42.6 Å². The van der Waals surface area contributed by atoms with E-state index >= 15 is 0 Å². The summed E-state index contributed by atoms with van der Waals surface area (Å²) in [5.41, 5.74) is 5.73. The number of amides is 2. The van der Waals surface area contributed by atoms with E-state index < -0.39 is 12.0 Å². The number of methoxy groups -OCH3 is 1. The molecule has 0 saturated carbocycles. The van der Waals surface area contributed by atoms with Crippen LogP contribution in [0, 0.1) is 5.82 Å². The van der Waals surface area contributed by atoms with E-state index in [0.29, 0.717) is 17.9 Å². The first kappa shape index (κ1) is 24.0. The summed E-state index contributed by atoms with van der Waals surface area (Å²) in [5, 5.41) is 2.69. The highest BCUT2D eigenvalue weighted by Gasteiger charge is 2.28. The number of hydrogen-bond donors (Lipinski definition) is 2. The monoisotopic (exact) mass is 405 g/mol. The third-order valence-corrected chi connectivity index (χ3v) is 3.84. The van der Waals surface area contributed by atoms with E-state index in [0.717, 1.165) is 6.42 Å². The van der Waals surface area contributed by atoms with Crippen LogP contribution in [0.4, 0.5) is 10.1 Å². The van der Waals surface area contributed by atoms with Gasteiger partial charge in [0.1, 0.15) is 23.4 Å². The Balaban J connectivity index is 0.000000321. The number of carbonyl (C=O) groups excluding carboxylic acids is 2. The van der Waals surface area contributed by atoms with E-state index in [-0.39, 0.29) is 23.5 Å². The lowest BCUT2D eigenvalue weighted by Crippen LogP contribution is -2.28. The van der Waals surface area contributed by atoms with Gasteiger partial charge in [-0.05, 0) is 44.0 Å². The molecular weight excluding hydrogens is 377 g/mol. The average Bonchev–Trinajstić information content (AvgIpc) is 3.17. The number of primary amides is 1. The van der Waals surface area contributed by atoms with E-state index in [9.17, 15) is 14.0 Å². The molecule has 1 aliphatic rings. The molecule has 29 heavy (non-hydrogen) atoms. The van der Waals surface area contributed by atoms with Crippen LogP contribution >= 0.6 is 0 Å². The van der Waals surface area contributed by atoms with Gasteiger partial charge >= 0.3 is 0 Å². The predicted octanol–water partition coefficient (Wildman–Crippen LogP) is 3.55. The fourth-order valence-corrected chi connectivity index (χ4v) is 2.46. The minimum absolute atomic E-state index is 0.111. The Morgan fingerprint density at radius 1 is 1.24 bits per heavy atom. The Kier molecular flexibility index (Phi) is 10.3. The van der Waals surface area contributed by atoms with Crippen molar-refractivity contribution >= 4 is 17.5 Å². The van der Waals surface area contributed by atoms with Crippen molar-refractivity contribution in [3.05, 3.63) is 54.1 Å². The van der Waals surface area contributed by atoms with Crippen molar-refractivity contribution in [2.24, 2.45) is 5.73 Å². The molecule has 1 aromatic carbocycles. The Morgan fingerprint density at radius 3 is 2.48 bits per heavy atom. The standard InChI is InChI=1S/C12H15N3O3.C7H7FO.C2H6/c1-7-2-3-10(18-7)12(17)15-8-4-5-14-9(6-8)11(13)16;1-9-7-4-2-3-6(8)5-7;1-2/h4-7,10H,2-3H2,1H3,(H2,13,16)(H,14,15,17);2-5H,1H3;1-2H3. The smallest absolute Gasteiger partial charge is 0.267 e. The van der Waals surface area contributed by atoms with Gasteiger partial charge in [0.2, 0.25) is 0 Å². The summed E-state index contributed by atoms with van der Waals surface area (Å²) >= 11 is 0. The van der Waals surface area contributed by atoms with Crippen molar-refractivity contribution in [3.63, 3.8) is 0 Å². The minimum Gasteiger partial charge on any atom is -0.497 e. The Morgan fingerprint density at radius 2 is 1.97 bits per heavy atom. The third kappa shape index (κ3) is 8.27. The largest absolute Gasteiger partial charge is 0.497 e. The second-order valence-electron chi connectivity index (χ2n) is 5.96. The number of nitrogens with zero attached hydrogens (tertiary/aromatic N) is 1. The fourth-order valence-electron chi connectivity index (χ4n) is 2.46. The van der Waals surface area contributed by atoms with E-state index in [2.05, 4.69) is 10.3 Å². The van der Waals surface area contributed by atoms with Crippen molar-refractivity contribution < 1.29 is 23.5 Å². The third-order valence-electron chi connectivity index (χ3n) is 3.84. The number of halogens is 1. The Bertz CT molecular complexity index is 801. The number of aromatic nitrogens is 1. The zero-order valence-corrected chi connectivity index (χ0v) is 17.1. The molecule has 8 heteroatoms. The lowest BCUT2D eigenvalue weighted by molar-refractivity contribution is -0.126. The van der Waals surface area contributed by atoms with Crippen molar-refractivity contribution in [2.45, 2.75) is 45.8 Å². The molecule has 2 unspecified atom stereocenters. The highest BCUT2D eigenvalue weighted by molar-refractivity contribution is 5.96. The molecule has 1 saturated heterocycles. The lowest BCUT2D eigenvalue weighted by Gasteiger charge is -2.11. The number of nitrogens with two attached hydrogens (primary N) is 1. The fraction of sp³-hybridized carbons (Fsp3) is 0.381. The molecule has 2 aromatic rings. The number of anilines is 1. The first-order valence-corrected chi connectivity index (χ1v) is 9.40. The predicted molar refractivity (Wildman–Crippen MR) is 109 cm³/mol. The van der Waals surface area contributed by atoms with Crippen LogP contribution in [-0.4, -0.2) is 36.1 Å². The molecule has 2 atom stereocenters. The Hall–Kier alpha value is -3.00. The maximum Gasteiger partial charge on any atom is 0.267 e. The van der Waals surface area contributed by atoms with Gasteiger partial charge < -0.3 is 20.5 Å². The topological polar surface area (TPSA) is 104 Å². The summed E-state index contributed by atoms with van der Waals surface area (Å²) in [7, 11) is 1.51. The van der Waals surface area contributed by atoms with Gasteiger partial charge in [0, 0.05) is 18.0 Å².